The van der Waals surface area contributed by atoms with Gasteiger partial charge in [0.15, 0.2) is 5.78 Å². The van der Waals surface area contributed by atoms with Gasteiger partial charge < -0.3 is 5.73 Å². The van der Waals surface area contributed by atoms with Crippen LogP contribution in [-0.4, -0.2) is 21.6 Å². The van der Waals surface area contributed by atoms with Crippen LogP contribution in [0.4, 0.5) is 0 Å². The van der Waals surface area contributed by atoms with E-state index in [1.165, 1.54) is 0 Å². The maximum atomic E-state index is 11.7. The molecule has 0 aromatic carbocycles. The Morgan fingerprint density at radius 3 is 3.14 bits per heavy atom. The molecule has 0 bridgehead atoms. The molecule has 1 rings (SSSR count). The first-order chi connectivity index (χ1) is 6.70. The van der Waals surface area contributed by atoms with Gasteiger partial charge in [0.1, 0.15) is 5.69 Å². The standard InChI is InChI=1S/C10H13N3O/c1-3-5-8(11)10(14)9-6-7-12-13(9)4-2/h1,6-8H,4-5,11H2,2H3. The molecule has 1 aromatic rings. The van der Waals surface area contributed by atoms with E-state index in [4.69, 9.17) is 12.2 Å². The van der Waals surface area contributed by atoms with Gasteiger partial charge in [0.25, 0.3) is 0 Å². The molecule has 0 saturated heterocycles. The van der Waals surface area contributed by atoms with Gasteiger partial charge in [0.05, 0.1) is 6.04 Å². The molecule has 0 fully saturated rings. The molecule has 74 valence electrons. The summed E-state index contributed by atoms with van der Waals surface area (Å²) in [6.45, 7) is 2.56. The van der Waals surface area contributed by atoms with E-state index in [1.807, 2.05) is 6.92 Å². The summed E-state index contributed by atoms with van der Waals surface area (Å²) >= 11 is 0. The molecular weight excluding hydrogens is 178 g/mol. The number of hydrogen-bond acceptors (Lipinski definition) is 3. The summed E-state index contributed by atoms with van der Waals surface area (Å²) in [5.74, 6) is 2.22. The Morgan fingerprint density at radius 2 is 2.57 bits per heavy atom. The van der Waals surface area contributed by atoms with Crippen molar-refractivity contribution in [2.45, 2.75) is 25.9 Å². The summed E-state index contributed by atoms with van der Waals surface area (Å²) in [7, 11) is 0. The summed E-state index contributed by atoms with van der Waals surface area (Å²) in [5, 5.41) is 3.99. The predicted molar refractivity (Wildman–Crippen MR) is 53.7 cm³/mol. The van der Waals surface area contributed by atoms with Crippen LogP contribution in [0, 0.1) is 12.3 Å². The number of carbonyl (C=O) groups is 1. The molecule has 1 unspecified atom stereocenters. The number of carbonyl (C=O) groups excluding carboxylic acids is 1. The molecule has 0 aliphatic carbocycles. The minimum Gasteiger partial charge on any atom is -0.320 e. The van der Waals surface area contributed by atoms with Crippen LogP contribution in [0.25, 0.3) is 0 Å². The number of aromatic nitrogens is 2. The Bertz CT molecular complexity index is 362. The topological polar surface area (TPSA) is 60.9 Å². The van der Waals surface area contributed by atoms with Gasteiger partial charge in [-0.25, -0.2) is 0 Å². The van der Waals surface area contributed by atoms with Crippen molar-refractivity contribution in [3.8, 4) is 12.3 Å². The molecule has 14 heavy (non-hydrogen) atoms. The van der Waals surface area contributed by atoms with Gasteiger partial charge >= 0.3 is 0 Å². The van der Waals surface area contributed by atoms with Crippen LogP contribution in [0.3, 0.4) is 0 Å². The van der Waals surface area contributed by atoms with E-state index in [0.717, 1.165) is 0 Å². The van der Waals surface area contributed by atoms with E-state index in [0.29, 0.717) is 12.2 Å². The van der Waals surface area contributed by atoms with Crippen LogP contribution in [0.15, 0.2) is 12.3 Å². The fourth-order valence-corrected chi connectivity index (χ4v) is 1.20. The third-order valence-electron chi connectivity index (χ3n) is 1.94. The van der Waals surface area contributed by atoms with E-state index in [1.54, 1.807) is 16.9 Å². The highest BCUT2D eigenvalue weighted by molar-refractivity contribution is 5.98. The number of nitrogens with two attached hydrogens (primary N) is 1. The summed E-state index contributed by atoms with van der Waals surface area (Å²) in [4.78, 5) is 11.7. The van der Waals surface area contributed by atoms with Crippen molar-refractivity contribution in [1.29, 1.82) is 0 Å². The first-order valence-corrected chi connectivity index (χ1v) is 4.45. The van der Waals surface area contributed by atoms with Crippen molar-refractivity contribution < 1.29 is 4.79 Å². The Morgan fingerprint density at radius 1 is 1.86 bits per heavy atom. The quantitative estimate of drug-likeness (QED) is 0.554. The lowest BCUT2D eigenvalue weighted by atomic mass is 10.1. The zero-order valence-electron chi connectivity index (χ0n) is 8.10. The van der Waals surface area contributed by atoms with Gasteiger partial charge in [0.2, 0.25) is 0 Å². The SMILES string of the molecule is C#CCC(N)C(=O)c1ccnn1CC. The van der Waals surface area contributed by atoms with Gasteiger partial charge in [-0.1, -0.05) is 0 Å². The van der Waals surface area contributed by atoms with Crippen LogP contribution in [0.2, 0.25) is 0 Å². The lowest BCUT2D eigenvalue weighted by Crippen LogP contribution is -2.31. The molecule has 1 atom stereocenters. The molecule has 0 saturated carbocycles. The van der Waals surface area contributed by atoms with Crippen molar-refractivity contribution in [3.63, 3.8) is 0 Å². The van der Waals surface area contributed by atoms with Crippen LogP contribution >= 0.6 is 0 Å². The largest absolute Gasteiger partial charge is 0.320 e. The number of aryl methyl sites for hydroxylation is 1. The van der Waals surface area contributed by atoms with Crippen LogP contribution in [0.1, 0.15) is 23.8 Å². The molecular formula is C10H13N3O. The number of hydrogen-bond donors (Lipinski definition) is 1. The Labute approximate surface area is 83.1 Å². The molecule has 4 nitrogen and oxygen atoms in total. The summed E-state index contributed by atoms with van der Waals surface area (Å²) in [6, 6.07) is 1.03. The van der Waals surface area contributed by atoms with E-state index in [9.17, 15) is 4.79 Å². The molecule has 1 heterocycles. The Kier molecular flexibility index (Phi) is 3.43. The maximum absolute atomic E-state index is 11.7. The van der Waals surface area contributed by atoms with Crippen molar-refractivity contribution in [2.24, 2.45) is 5.73 Å². The minimum atomic E-state index is -0.623. The normalized spacial score (nSPS) is 12.1. The third-order valence-corrected chi connectivity index (χ3v) is 1.94. The first-order valence-electron chi connectivity index (χ1n) is 4.45. The van der Waals surface area contributed by atoms with Gasteiger partial charge in [-0.3, -0.25) is 9.48 Å². The predicted octanol–water partition coefficient (Wildman–Crippen LogP) is 0.436. The summed E-state index contributed by atoms with van der Waals surface area (Å²) < 4.78 is 1.61. The van der Waals surface area contributed by atoms with E-state index < -0.39 is 6.04 Å². The van der Waals surface area contributed by atoms with Crippen LogP contribution < -0.4 is 5.73 Å². The third kappa shape index (κ3) is 2.01. The Hall–Kier alpha value is -1.60. The number of rotatable bonds is 4. The van der Waals surface area contributed by atoms with Crippen LogP contribution in [-0.2, 0) is 6.54 Å². The van der Waals surface area contributed by atoms with Crippen molar-refractivity contribution >= 4 is 5.78 Å². The molecule has 0 aliphatic heterocycles. The van der Waals surface area contributed by atoms with Gasteiger partial charge in [-0.05, 0) is 13.0 Å². The highest BCUT2D eigenvalue weighted by Gasteiger charge is 2.17. The second-order valence-corrected chi connectivity index (χ2v) is 2.91. The first kappa shape index (κ1) is 10.5. The van der Waals surface area contributed by atoms with Crippen molar-refractivity contribution in [2.75, 3.05) is 0 Å². The fourth-order valence-electron chi connectivity index (χ4n) is 1.20. The van der Waals surface area contributed by atoms with E-state index in [2.05, 4.69) is 11.0 Å². The molecule has 1 aromatic heterocycles. The van der Waals surface area contributed by atoms with E-state index >= 15 is 0 Å². The number of Topliss-reactive ketones (excluding diaryl/α,β-unsaturated/α-hetero) is 1. The lowest BCUT2D eigenvalue weighted by molar-refractivity contribution is 0.0952. The molecule has 0 amide bonds. The highest BCUT2D eigenvalue weighted by Crippen LogP contribution is 2.04. The highest BCUT2D eigenvalue weighted by atomic mass is 16.1. The second kappa shape index (κ2) is 4.58. The van der Waals surface area contributed by atoms with E-state index in [-0.39, 0.29) is 12.2 Å². The zero-order chi connectivity index (χ0) is 10.6. The second-order valence-electron chi connectivity index (χ2n) is 2.91. The molecule has 0 aliphatic rings. The van der Waals surface area contributed by atoms with Gasteiger partial charge in [-0.15, -0.1) is 12.3 Å². The monoisotopic (exact) mass is 191 g/mol. The van der Waals surface area contributed by atoms with Crippen molar-refractivity contribution in [3.05, 3.63) is 18.0 Å². The average molecular weight is 191 g/mol. The number of nitrogens with zero attached hydrogens (tertiary/aromatic N) is 2. The Balaban J connectivity index is 2.84. The number of ketones is 1. The van der Waals surface area contributed by atoms with Crippen LogP contribution in [0.5, 0.6) is 0 Å². The zero-order valence-corrected chi connectivity index (χ0v) is 8.10. The molecule has 0 spiro atoms. The van der Waals surface area contributed by atoms with Gasteiger partial charge in [-0.2, -0.15) is 5.10 Å². The lowest BCUT2D eigenvalue weighted by Gasteiger charge is -2.07. The minimum absolute atomic E-state index is 0.151. The fraction of sp³-hybridized carbons (Fsp3) is 0.400. The summed E-state index contributed by atoms with van der Waals surface area (Å²) in [6.07, 6.45) is 6.93. The van der Waals surface area contributed by atoms with Gasteiger partial charge in [0, 0.05) is 19.2 Å². The number of terminal acetylenes is 1. The maximum Gasteiger partial charge on any atom is 0.198 e. The average Bonchev–Trinajstić information content (AvgIpc) is 2.64. The molecule has 2 N–H and O–H groups in total. The van der Waals surface area contributed by atoms with Crippen molar-refractivity contribution in [1.82, 2.24) is 9.78 Å². The smallest absolute Gasteiger partial charge is 0.198 e. The molecule has 4 heteroatoms. The summed E-state index contributed by atoms with van der Waals surface area (Å²) in [5.41, 5.74) is 6.13. The molecule has 0 radical (unpaired) electrons.